The van der Waals surface area contributed by atoms with Crippen LogP contribution in [0.1, 0.15) is 12.8 Å². The standard InChI is InChI=1S/C12H21N3O5S/c1-21(19,20)15-8-6-14(7-9-15)12(18)13-4-2-10(3-5-13)11(16)17/h10H,2-9H2,1H3,(H,16,17). The predicted molar refractivity (Wildman–Crippen MR) is 75.3 cm³/mol. The third kappa shape index (κ3) is 3.85. The minimum atomic E-state index is -3.20. The molecule has 2 aliphatic heterocycles. The van der Waals surface area contributed by atoms with Gasteiger partial charge in [-0.1, -0.05) is 0 Å². The first-order valence-corrected chi connectivity index (χ1v) is 8.85. The zero-order chi connectivity index (χ0) is 15.6. The number of hydrogen-bond acceptors (Lipinski definition) is 4. The number of piperidine rings is 1. The summed E-state index contributed by atoms with van der Waals surface area (Å²) >= 11 is 0. The van der Waals surface area contributed by atoms with E-state index in [1.54, 1.807) is 9.80 Å². The van der Waals surface area contributed by atoms with Gasteiger partial charge in [-0.05, 0) is 12.8 Å². The van der Waals surface area contributed by atoms with E-state index in [9.17, 15) is 18.0 Å². The van der Waals surface area contributed by atoms with Gasteiger partial charge in [0.1, 0.15) is 0 Å². The summed E-state index contributed by atoms with van der Waals surface area (Å²) in [4.78, 5) is 26.5. The van der Waals surface area contributed by atoms with E-state index in [1.165, 1.54) is 10.6 Å². The second kappa shape index (κ2) is 6.18. The molecule has 0 aromatic carbocycles. The van der Waals surface area contributed by atoms with Crippen LogP contribution in [-0.4, -0.2) is 85.2 Å². The number of rotatable bonds is 2. The Bertz CT molecular complexity index is 505. The van der Waals surface area contributed by atoms with Gasteiger partial charge in [0.2, 0.25) is 10.0 Å². The fraction of sp³-hybridized carbons (Fsp3) is 0.833. The van der Waals surface area contributed by atoms with Gasteiger partial charge in [-0.25, -0.2) is 13.2 Å². The molecular weight excluding hydrogens is 298 g/mol. The van der Waals surface area contributed by atoms with Gasteiger partial charge in [0.25, 0.3) is 0 Å². The molecule has 21 heavy (non-hydrogen) atoms. The lowest BCUT2D eigenvalue weighted by atomic mass is 9.97. The Kier molecular flexibility index (Phi) is 4.72. The van der Waals surface area contributed by atoms with Crippen molar-refractivity contribution in [3.8, 4) is 0 Å². The molecule has 120 valence electrons. The van der Waals surface area contributed by atoms with Gasteiger partial charge in [-0.2, -0.15) is 4.31 Å². The number of hydrogen-bond donors (Lipinski definition) is 1. The van der Waals surface area contributed by atoms with E-state index in [0.29, 0.717) is 52.1 Å². The zero-order valence-corrected chi connectivity index (χ0v) is 12.9. The molecule has 0 unspecified atom stereocenters. The lowest BCUT2D eigenvalue weighted by Crippen LogP contribution is -2.55. The fourth-order valence-corrected chi connectivity index (χ4v) is 3.56. The van der Waals surface area contributed by atoms with E-state index >= 15 is 0 Å². The molecule has 0 aromatic heterocycles. The van der Waals surface area contributed by atoms with Crippen molar-refractivity contribution in [3.05, 3.63) is 0 Å². The largest absolute Gasteiger partial charge is 0.481 e. The van der Waals surface area contributed by atoms with Crippen molar-refractivity contribution < 1.29 is 23.1 Å². The second-order valence-corrected chi connectivity index (χ2v) is 7.51. The van der Waals surface area contributed by atoms with Gasteiger partial charge in [-0.3, -0.25) is 4.79 Å². The normalized spacial score (nSPS) is 22.3. The number of aliphatic carboxylic acids is 1. The molecule has 1 N–H and O–H groups in total. The molecule has 0 aromatic rings. The van der Waals surface area contributed by atoms with Gasteiger partial charge in [0.15, 0.2) is 0 Å². The van der Waals surface area contributed by atoms with Crippen LogP contribution in [0.5, 0.6) is 0 Å². The number of piperazine rings is 1. The lowest BCUT2D eigenvalue weighted by Gasteiger charge is -2.38. The van der Waals surface area contributed by atoms with Crippen LogP contribution >= 0.6 is 0 Å². The minimum absolute atomic E-state index is 0.119. The maximum atomic E-state index is 12.3. The number of carbonyl (C=O) groups excluding carboxylic acids is 1. The monoisotopic (exact) mass is 319 g/mol. The summed E-state index contributed by atoms with van der Waals surface area (Å²) < 4.78 is 24.2. The van der Waals surface area contributed by atoms with Gasteiger partial charge in [0, 0.05) is 39.3 Å². The highest BCUT2D eigenvalue weighted by Crippen LogP contribution is 2.19. The topological polar surface area (TPSA) is 98.2 Å². The number of sulfonamides is 1. The molecule has 2 fully saturated rings. The Balaban J connectivity index is 1.84. The first-order chi connectivity index (χ1) is 9.79. The Morgan fingerprint density at radius 1 is 0.952 bits per heavy atom. The van der Waals surface area contributed by atoms with Crippen molar-refractivity contribution in [1.82, 2.24) is 14.1 Å². The fourth-order valence-electron chi connectivity index (χ4n) is 2.73. The number of carboxylic acids is 1. The van der Waals surface area contributed by atoms with Gasteiger partial charge >= 0.3 is 12.0 Å². The first kappa shape index (κ1) is 16.0. The number of amides is 2. The minimum Gasteiger partial charge on any atom is -0.481 e. The van der Waals surface area contributed by atoms with Gasteiger partial charge in [0.05, 0.1) is 12.2 Å². The summed E-state index contributed by atoms with van der Waals surface area (Å²) in [5.74, 6) is -1.17. The van der Waals surface area contributed by atoms with Crippen molar-refractivity contribution in [2.24, 2.45) is 5.92 Å². The number of urea groups is 1. The van der Waals surface area contributed by atoms with E-state index in [4.69, 9.17) is 5.11 Å². The molecule has 0 saturated carbocycles. The SMILES string of the molecule is CS(=O)(=O)N1CCN(C(=O)N2CCC(C(=O)O)CC2)CC1. The van der Waals surface area contributed by atoms with Gasteiger partial charge < -0.3 is 14.9 Å². The summed E-state index contributed by atoms with van der Waals surface area (Å²) in [5, 5.41) is 8.94. The number of carboxylic acid groups (broad SMARTS) is 1. The van der Waals surface area contributed by atoms with Crippen molar-refractivity contribution >= 4 is 22.0 Å². The van der Waals surface area contributed by atoms with Crippen molar-refractivity contribution in [1.29, 1.82) is 0 Å². The van der Waals surface area contributed by atoms with Crippen LogP contribution in [0.15, 0.2) is 0 Å². The molecule has 0 bridgehead atoms. The average molecular weight is 319 g/mol. The highest BCUT2D eigenvalue weighted by Gasteiger charge is 2.32. The highest BCUT2D eigenvalue weighted by atomic mass is 32.2. The second-order valence-electron chi connectivity index (χ2n) is 5.53. The number of carbonyl (C=O) groups is 2. The quantitative estimate of drug-likeness (QED) is 0.738. The highest BCUT2D eigenvalue weighted by molar-refractivity contribution is 7.88. The molecule has 0 atom stereocenters. The van der Waals surface area contributed by atoms with E-state index in [1.807, 2.05) is 0 Å². The number of nitrogens with zero attached hydrogens (tertiary/aromatic N) is 3. The molecule has 8 nitrogen and oxygen atoms in total. The third-order valence-corrected chi connectivity index (χ3v) is 5.40. The summed E-state index contributed by atoms with van der Waals surface area (Å²) in [6, 6.07) is -0.119. The number of likely N-dealkylation sites (tertiary alicyclic amines) is 1. The predicted octanol–water partition coefficient (Wildman–Crippen LogP) is -0.520. The summed E-state index contributed by atoms with van der Waals surface area (Å²) in [5.41, 5.74) is 0. The Labute approximate surface area is 124 Å². The smallest absolute Gasteiger partial charge is 0.320 e. The van der Waals surface area contributed by atoms with E-state index in [2.05, 4.69) is 0 Å². The molecule has 2 heterocycles. The molecular formula is C12H21N3O5S. The lowest BCUT2D eigenvalue weighted by molar-refractivity contribution is -0.143. The summed E-state index contributed by atoms with van der Waals surface area (Å²) in [6.07, 6.45) is 2.12. The Morgan fingerprint density at radius 2 is 1.43 bits per heavy atom. The van der Waals surface area contributed by atoms with E-state index < -0.39 is 16.0 Å². The molecule has 0 radical (unpaired) electrons. The molecule has 2 aliphatic rings. The maximum absolute atomic E-state index is 12.3. The molecule has 2 saturated heterocycles. The third-order valence-electron chi connectivity index (χ3n) is 4.09. The first-order valence-electron chi connectivity index (χ1n) is 7.01. The molecule has 2 rings (SSSR count). The van der Waals surface area contributed by atoms with E-state index in [-0.39, 0.29) is 11.9 Å². The van der Waals surface area contributed by atoms with Crippen molar-refractivity contribution in [3.63, 3.8) is 0 Å². The molecule has 2 amide bonds. The maximum Gasteiger partial charge on any atom is 0.320 e. The molecule has 9 heteroatoms. The van der Waals surface area contributed by atoms with Crippen LogP contribution in [0.2, 0.25) is 0 Å². The average Bonchev–Trinajstić information content (AvgIpc) is 2.46. The van der Waals surface area contributed by atoms with Gasteiger partial charge in [-0.15, -0.1) is 0 Å². The van der Waals surface area contributed by atoms with Crippen LogP contribution in [0.4, 0.5) is 4.79 Å². The van der Waals surface area contributed by atoms with E-state index in [0.717, 1.165) is 0 Å². The Morgan fingerprint density at radius 3 is 1.86 bits per heavy atom. The van der Waals surface area contributed by atoms with Crippen LogP contribution in [-0.2, 0) is 14.8 Å². The van der Waals surface area contributed by atoms with Crippen LogP contribution < -0.4 is 0 Å². The van der Waals surface area contributed by atoms with Crippen LogP contribution in [0.3, 0.4) is 0 Å². The zero-order valence-electron chi connectivity index (χ0n) is 12.1. The molecule has 0 spiro atoms. The van der Waals surface area contributed by atoms with Crippen LogP contribution in [0, 0.1) is 5.92 Å². The molecule has 0 aliphatic carbocycles. The van der Waals surface area contributed by atoms with Crippen molar-refractivity contribution in [2.75, 3.05) is 45.5 Å². The summed E-state index contributed by atoms with van der Waals surface area (Å²) in [6.45, 7) is 2.28. The van der Waals surface area contributed by atoms with Crippen LogP contribution in [0.25, 0.3) is 0 Å². The Hall–Kier alpha value is -1.35. The summed E-state index contributed by atoms with van der Waals surface area (Å²) in [7, 11) is -3.20. The van der Waals surface area contributed by atoms with Crippen molar-refractivity contribution in [2.45, 2.75) is 12.8 Å².